The average molecular weight is 349 g/mol. The minimum Gasteiger partial charge on any atom is -0.356 e. The van der Waals surface area contributed by atoms with E-state index in [1.807, 2.05) is 7.05 Å². The number of rotatable bonds is 8. The molecule has 0 amide bonds. The van der Waals surface area contributed by atoms with Crippen LogP contribution in [0.1, 0.15) is 70.9 Å². The van der Waals surface area contributed by atoms with Crippen molar-refractivity contribution in [2.24, 2.45) is 10.9 Å². The van der Waals surface area contributed by atoms with Gasteiger partial charge in [0.25, 0.3) is 0 Å². The number of hydrogen-bond donors (Lipinski definition) is 2. The number of aliphatic imine (C=N–C) groups is 1. The molecule has 2 heterocycles. The first-order valence-electron chi connectivity index (χ1n) is 9.98. The molecule has 1 aromatic heterocycles. The topological polar surface area (TPSA) is 67.1 Å². The Morgan fingerprint density at radius 3 is 2.76 bits per heavy atom. The van der Waals surface area contributed by atoms with Crippen molar-refractivity contribution in [2.75, 3.05) is 13.6 Å². The highest BCUT2D eigenvalue weighted by atomic mass is 15.3. The van der Waals surface area contributed by atoms with Gasteiger partial charge in [-0.2, -0.15) is 0 Å². The number of aryl methyl sites for hydroxylation is 2. The zero-order chi connectivity index (χ0) is 18.1. The van der Waals surface area contributed by atoms with Crippen molar-refractivity contribution >= 4 is 5.96 Å². The standard InChI is InChI=1S/C19H36N6/c1-15(2)11-12-16(3)22-19(20-4)21-13-8-10-18-24-23-17-9-6-5-7-14-25(17)18/h15-16H,5-14H2,1-4H3,(H2,20,21,22). The Bertz CT molecular complexity index is 534. The monoisotopic (exact) mass is 348 g/mol. The maximum Gasteiger partial charge on any atom is 0.191 e. The third kappa shape index (κ3) is 6.67. The number of nitrogens with zero attached hydrogens (tertiary/aromatic N) is 4. The Kier molecular flexibility index (Phi) is 8.22. The molecule has 1 aliphatic heterocycles. The lowest BCUT2D eigenvalue weighted by Crippen LogP contribution is -2.42. The minimum absolute atomic E-state index is 0.445. The summed E-state index contributed by atoms with van der Waals surface area (Å²) in [4.78, 5) is 4.33. The summed E-state index contributed by atoms with van der Waals surface area (Å²) in [7, 11) is 1.84. The van der Waals surface area contributed by atoms with Crippen LogP contribution in [0.15, 0.2) is 4.99 Å². The molecular weight excluding hydrogens is 312 g/mol. The molecule has 2 N–H and O–H groups in total. The van der Waals surface area contributed by atoms with E-state index >= 15 is 0 Å². The molecule has 1 unspecified atom stereocenters. The first-order chi connectivity index (χ1) is 12.1. The van der Waals surface area contributed by atoms with E-state index in [-0.39, 0.29) is 0 Å². The zero-order valence-electron chi connectivity index (χ0n) is 16.5. The fraction of sp³-hybridized carbons (Fsp3) is 0.842. The average Bonchev–Trinajstić information content (AvgIpc) is 2.82. The number of hydrogen-bond acceptors (Lipinski definition) is 3. The maximum atomic E-state index is 4.40. The van der Waals surface area contributed by atoms with Crippen molar-refractivity contribution in [1.82, 2.24) is 25.4 Å². The predicted octanol–water partition coefficient (Wildman–Crippen LogP) is 2.93. The summed E-state index contributed by atoms with van der Waals surface area (Å²) in [6.45, 7) is 8.75. The number of fused-ring (bicyclic) bond motifs is 1. The Hall–Kier alpha value is -1.59. The summed E-state index contributed by atoms with van der Waals surface area (Å²) in [6, 6.07) is 0.445. The third-order valence-electron chi connectivity index (χ3n) is 4.84. The van der Waals surface area contributed by atoms with Crippen LogP contribution in [0.2, 0.25) is 0 Å². The summed E-state index contributed by atoms with van der Waals surface area (Å²) in [5, 5.41) is 15.7. The van der Waals surface area contributed by atoms with Gasteiger partial charge in [-0.15, -0.1) is 10.2 Å². The van der Waals surface area contributed by atoms with Gasteiger partial charge in [0, 0.05) is 39.0 Å². The molecular formula is C19H36N6. The van der Waals surface area contributed by atoms with E-state index in [0.29, 0.717) is 6.04 Å². The van der Waals surface area contributed by atoms with Crippen molar-refractivity contribution in [1.29, 1.82) is 0 Å². The van der Waals surface area contributed by atoms with Crippen molar-refractivity contribution in [2.45, 2.75) is 84.7 Å². The molecule has 1 aliphatic rings. The van der Waals surface area contributed by atoms with Crippen LogP contribution in [0.25, 0.3) is 0 Å². The van der Waals surface area contributed by atoms with Gasteiger partial charge in [-0.25, -0.2) is 0 Å². The molecule has 25 heavy (non-hydrogen) atoms. The SMILES string of the molecule is CN=C(NCCCc1nnc2n1CCCCC2)NC(C)CCC(C)C. The molecule has 0 saturated heterocycles. The van der Waals surface area contributed by atoms with Crippen molar-refractivity contribution in [3.8, 4) is 0 Å². The molecule has 0 radical (unpaired) electrons. The number of guanidine groups is 1. The first-order valence-corrected chi connectivity index (χ1v) is 9.98. The van der Waals surface area contributed by atoms with E-state index in [0.717, 1.165) is 50.1 Å². The highest BCUT2D eigenvalue weighted by Gasteiger charge is 2.14. The van der Waals surface area contributed by atoms with Gasteiger partial charge in [-0.1, -0.05) is 20.3 Å². The predicted molar refractivity (Wildman–Crippen MR) is 104 cm³/mol. The van der Waals surface area contributed by atoms with Crippen LogP contribution in [-0.2, 0) is 19.4 Å². The van der Waals surface area contributed by atoms with E-state index in [9.17, 15) is 0 Å². The van der Waals surface area contributed by atoms with Gasteiger partial charge in [0.1, 0.15) is 11.6 Å². The van der Waals surface area contributed by atoms with Gasteiger partial charge in [-0.05, 0) is 44.9 Å². The fourth-order valence-corrected chi connectivity index (χ4v) is 3.27. The third-order valence-corrected chi connectivity index (χ3v) is 4.84. The molecule has 0 bridgehead atoms. The number of nitrogens with one attached hydrogen (secondary N) is 2. The van der Waals surface area contributed by atoms with Crippen LogP contribution in [0, 0.1) is 5.92 Å². The maximum absolute atomic E-state index is 4.40. The van der Waals surface area contributed by atoms with Gasteiger partial charge < -0.3 is 15.2 Å². The van der Waals surface area contributed by atoms with Crippen LogP contribution >= 0.6 is 0 Å². The summed E-state index contributed by atoms with van der Waals surface area (Å²) in [5.41, 5.74) is 0. The fourth-order valence-electron chi connectivity index (χ4n) is 3.27. The Morgan fingerprint density at radius 2 is 2.00 bits per heavy atom. The molecule has 0 fully saturated rings. The van der Waals surface area contributed by atoms with Gasteiger partial charge in [0.05, 0.1) is 0 Å². The van der Waals surface area contributed by atoms with Gasteiger partial charge in [-0.3, -0.25) is 4.99 Å². The van der Waals surface area contributed by atoms with Crippen molar-refractivity contribution in [3.05, 3.63) is 11.6 Å². The molecule has 2 rings (SSSR count). The molecule has 0 aliphatic carbocycles. The minimum atomic E-state index is 0.445. The second kappa shape index (κ2) is 10.4. The first kappa shape index (κ1) is 19.7. The lowest BCUT2D eigenvalue weighted by atomic mass is 10.0. The normalized spacial score (nSPS) is 16.4. The molecule has 6 nitrogen and oxygen atoms in total. The summed E-state index contributed by atoms with van der Waals surface area (Å²) >= 11 is 0. The van der Waals surface area contributed by atoms with E-state index < -0.39 is 0 Å². The van der Waals surface area contributed by atoms with Gasteiger partial charge in [0.15, 0.2) is 5.96 Å². The van der Waals surface area contributed by atoms with Gasteiger partial charge in [0.2, 0.25) is 0 Å². The molecule has 1 atom stereocenters. The van der Waals surface area contributed by atoms with Crippen molar-refractivity contribution in [3.63, 3.8) is 0 Å². The molecule has 1 aromatic rings. The smallest absolute Gasteiger partial charge is 0.191 e. The molecule has 142 valence electrons. The lowest BCUT2D eigenvalue weighted by molar-refractivity contribution is 0.488. The van der Waals surface area contributed by atoms with Crippen LogP contribution in [0.3, 0.4) is 0 Å². The summed E-state index contributed by atoms with van der Waals surface area (Å²) in [5.74, 6) is 3.97. The van der Waals surface area contributed by atoms with Crippen LogP contribution < -0.4 is 10.6 Å². The molecule has 6 heteroatoms. The lowest BCUT2D eigenvalue weighted by Gasteiger charge is -2.18. The Morgan fingerprint density at radius 1 is 1.16 bits per heavy atom. The molecule has 0 aromatic carbocycles. The van der Waals surface area contributed by atoms with Gasteiger partial charge >= 0.3 is 0 Å². The summed E-state index contributed by atoms with van der Waals surface area (Å²) < 4.78 is 2.34. The van der Waals surface area contributed by atoms with E-state index in [1.165, 1.54) is 37.9 Å². The molecule has 0 spiro atoms. The van der Waals surface area contributed by atoms with E-state index in [4.69, 9.17) is 0 Å². The molecule has 0 saturated carbocycles. The highest BCUT2D eigenvalue weighted by Crippen LogP contribution is 2.15. The van der Waals surface area contributed by atoms with Crippen LogP contribution in [0.4, 0.5) is 0 Å². The second-order valence-electron chi connectivity index (χ2n) is 7.61. The van der Waals surface area contributed by atoms with Crippen LogP contribution in [-0.4, -0.2) is 40.4 Å². The Balaban J connectivity index is 1.70. The quantitative estimate of drug-likeness (QED) is 0.431. The number of aromatic nitrogens is 3. The van der Waals surface area contributed by atoms with E-state index in [2.05, 4.69) is 51.2 Å². The highest BCUT2D eigenvalue weighted by molar-refractivity contribution is 5.79. The van der Waals surface area contributed by atoms with Crippen LogP contribution in [0.5, 0.6) is 0 Å². The summed E-state index contributed by atoms with van der Waals surface area (Å²) in [6.07, 6.45) is 9.31. The Labute approximate surface area is 152 Å². The second-order valence-corrected chi connectivity index (χ2v) is 7.61. The van der Waals surface area contributed by atoms with Crippen molar-refractivity contribution < 1.29 is 0 Å². The zero-order valence-corrected chi connectivity index (χ0v) is 16.5. The van der Waals surface area contributed by atoms with E-state index in [1.54, 1.807) is 0 Å². The largest absolute Gasteiger partial charge is 0.356 e.